The van der Waals surface area contributed by atoms with Gasteiger partial charge in [0.25, 0.3) is 0 Å². The number of hydrogen-bond acceptors (Lipinski definition) is 2. The molecule has 0 aliphatic carbocycles. The van der Waals surface area contributed by atoms with Crippen molar-refractivity contribution in [3.63, 3.8) is 0 Å². The molecule has 0 saturated heterocycles. The third-order valence-corrected chi connectivity index (χ3v) is 2.34. The number of aliphatic carboxylic acids is 1. The van der Waals surface area contributed by atoms with Gasteiger partial charge in [-0.05, 0) is 19.3 Å². The van der Waals surface area contributed by atoms with E-state index in [9.17, 15) is 4.79 Å². The highest BCUT2D eigenvalue weighted by Crippen LogP contribution is 2.13. The number of carboxylic acid groups (broad SMARTS) is 1. The maximum absolute atomic E-state index is 10.2. The lowest BCUT2D eigenvalue weighted by atomic mass is 10.1. The Balaban J connectivity index is 3.19. The molecule has 1 atom stereocenters. The quantitative estimate of drug-likeness (QED) is 0.606. The average molecular weight is 190 g/mol. The summed E-state index contributed by atoms with van der Waals surface area (Å²) in [5.74, 6) is -0.703. The van der Waals surface area contributed by atoms with E-state index in [1.165, 1.54) is 12.8 Å². The lowest BCUT2D eigenvalue weighted by molar-refractivity contribution is -0.137. The fraction of sp³-hybridized carbons (Fsp3) is 0.889. The molecule has 0 aliphatic rings. The molecule has 0 rings (SSSR count). The van der Waals surface area contributed by atoms with E-state index >= 15 is 0 Å². The van der Waals surface area contributed by atoms with Crippen LogP contribution in [0.2, 0.25) is 0 Å². The van der Waals surface area contributed by atoms with Crippen molar-refractivity contribution in [2.75, 3.05) is 0 Å². The van der Waals surface area contributed by atoms with Crippen molar-refractivity contribution in [3.8, 4) is 0 Å². The molecule has 0 fully saturated rings. The largest absolute Gasteiger partial charge is 0.481 e. The van der Waals surface area contributed by atoms with Crippen molar-refractivity contribution in [1.82, 2.24) is 0 Å². The molecule has 0 saturated carbocycles. The second kappa shape index (κ2) is 7.47. The number of unbranched alkanes of at least 4 members (excludes halogenated alkanes) is 1. The van der Waals surface area contributed by atoms with Crippen LogP contribution in [0.3, 0.4) is 0 Å². The van der Waals surface area contributed by atoms with E-state index in [1.54, 1.807) is 0 Å². The molecule has 0 heterocycles. The summed E-state index contributed by atoms with van der Waals surface area (Å²) in [6, 6.07) is 0. The van der Waals surface area contributed by atoms with Gasteiger partial charge in [-0.2, -0.15) is 12.6 Å². The molecule has 0 aromatic rings. The van der Waals surface area contributed by atoms with E-state index in [-0.39, 0.29) is 6.42 Å². The molecule has 0 aromatic heterocycles. The molecule has 1 N–H and O–H groups in total. The Morgan fingerprint density at radius 1 is 1.42 bits per heavy atom. The van der Waals surface area contributed by atoms with Crippen LogP contribution in [0.1, 0.15) is 45.4 Å². The zero-order chi connectivity index (χ0) is 9.40. The smallest absolute Gasteiger partial charge is 0.303 e. The lowest BCUT2D eigenvalue weighted by Gasteiger charge is -2.07. The number of carboxylic acids is 1. The average Bonchev–Trinajstić information content (AvgIpc) is 2.00. The van der Waals surface area contributed by atoms with Crippen LogP contribution < -0.4 is 0 Å². The number of rotatable bonds is 7. The zero-order valence-corrected chi connectivity index (χ0v) is 8.52. The van der Waals surface area contributed by atoms with Gasteiger partial charge >= 0.3 is 5.97 Å². The summed E-state index contributed by atoms with van der Waals surface area (Å²) in [5.41, 5.74) is 0. The van der Waals surface area contributed by atoms with Crippen molar-refractivity contribution < 1.29 is 9.90 Å². The number of hydrogen-bond donors (Lipinski definition) is 2. The van der Waals surface area contributed by atoms with Gasteiger partial charge in [-0.3, -0.25) is 4.79 Å². The Kier molecular flexibility index (Phi) is 7.36. The van der Waals surface area contributed by atoms with Crippen LogP contribution in [0, 0.1) is 0 Å². The summed E-state index contributed by atoms with van der Waals surface area (Å²) in [6.07, 6.45) is 5.46. The van der Waals surface area contributed by atoms with Gasteiger partial charge in [0.1, 0.15) is 0 Å². The molecule has 0 unspecified atom stereocenters. The lowest BCUT2D eigenvalue weighted by Crippen LogP contribution is -2.01. The van der Waals surface area contributed by atoms with E-state index in [1.807, 2.05) is 0 Å². The van der Waals surface area contributed by atoms with Gasteiger partial charge < -0.3 is 5.11 Å². The van der Waals surface area contributed by atoms with Gasteiger partial charge in [0, 0.05) is 11.7 Å². The Morgan fingerprint density at radius 2 is 2.00 bits per heavy atom. The van der Waals surface area contributed by atoms with Crippen LogP contribution in [0.15, 0.2) is 0 Å². The molecule has 12 heavy (non-hydrogen) atoms. The van der Waals surface area contributed by atoms with Gasteiger partial charge in [-0.15, -0.1) is 0 Å². The molecular weight excluding hydrogens is 172 g/mol. The summed E-state index contributed by atoms with van der Waals surface area (Å²) in [4.78, 5) is 10.2. The van der Waals surface area contributed by atoms with Gasteiger partial charge in [-0.25, -0.2) is 0 Å². The van der Waals surface area contributed by atoms with Crippen molar-refractivity contribution in [1.29, 1.82) is 0 Å². The van der Waals surface area contributed by atoms with E-state index in [4.69, 9.17) is 5.11 Å². The van der Waals surface area contributed by atoms with Crippen molar-refractivity contribution in [2.24, 2.45) is 0 Å². The molecule has 0 spiro atoms. The third-order valence-electron chi connectivity index (χ3n) is 1.82. The molecular formula is C9H18O2S. The second-order valence-corrected chi connectivity index (χ2v) is 3.81. The molecule has 0 amide bonds. The number of carbonyl (C=O) groups is 1. The fourth-order valence-electron chi connectivity index (χ4n) is 1.07. The van der Waals surface area contributed by atoms with Gasteiger partial charge in [0.2, 0.25) is 0 Å². The predicted molar refractivity (Wildman–Crippen MR) is 53.8 cm³/mol. The zero-order valence-electron chi connectivity index (χ0n) is 7.62. The predicted octanol–water partition coefficient (Wildman–Crippen LogP) is 2.73. The Labute approximate surface area is 79.8 Å². The monoisotopic (exact) mass is 190 g/mol. The second-order valence-electron chi connectivity index (χ2n) is 3.08. The molecule has 0 aromatic carbocycles. The summed E-state index contributed by atoms with van der Waals surface area (Å²) in [7, 11) is 0. The van der Waals surface area contributed by atoms with Crippen LogP contribution in [0.25, 0.3) is 0 Å². The Hall–Kier alpha value is -0.180. The van der Waals surface area contributed by atoms with E-state index in [0.717, 1.165) is 19.3 Å². The van der Waals surface area contributed by atoms with E-state index in [0.29, 0.717) is 5.25 Å². The van der Waals surface area contributed by atoms with Crippen molar-refractivity contribution in [2.45, 2.75) is 50.7 Å². The van der Waals surface area contributed by atoms with E-state index < -0.39 is 5.97 Å². The third kappa shape index (κ3) is 7.92. The standard InChI is InChI=1S/C9H18O2S/c1-2-3-5-8(12)6-4-7-9(10)11/h8,12H,2-7H2,1H3,(H,10,11)/t8-/m1/s1. The number of thiol groups is 1. The summed E-state index contributed by atoms with van der Waals surface area (Å²) in [6.45, 7) is 2.15. The fourth-order valence-corrected chi connectivity index (χ4v) is 1.44. The SMILES string of the molecule is CCCC[C@@H](S)CCCC(=O)O. The summed E-state index contributed by atoms with van der Waals surface area (Å²) in [5, 5.41) is 8.77. The summed E-state index contributed by atoms with van der Waals surface area (Å²) < 4.78 is 0. The molecule has 72 valence electrons. The minimum Gasteiger partial charge on any atom is -0.481 e. The van der Waals surface area contributed by atoms with Crippen LogP contribution in [0.5, 0.6) is 0 Å². The van der Waals surface area contributed by atoms with Crippen molar-refractivity contribution in [3.05, 3.63) is 0 Å². The maximum Gasteiger partial charge on any atom is 0.303 e. The maximum atomic E-state index is 10.2. The normalized spacial score (nSPS) is 12.8. The van der Waals surface area contributed by atoms with Crippen molar-refractivity contribution >= 4 is 18.6 Å². The molecule has 0 bridgehead atoms. The first-order valence-electron chi connectivity index (χ1n) is 4.56. The highest BCUT2D eigenvalue weighted by atomic mass is 32.1. The van der Waals surface area contributed by atoms with Crippen LogP contribution in [-0.4, -0.2) is 16.3 Å². The highest BCUT2D eigenvalue weighted by Gasteiger charge is 2.03. The molecule has 3 heteroatoms. The minimum atomic E-state index is -0.703. The minimum absolute atomic E-state index is 0.281. The molecule has 0 radical (unpaired) electrons. The molecule has 0 aliphatic heterocycles. The first kappa shape index (κ1) is 11.8. The topological polar surface area (TPSA) is 37.3 Å². The first-order valence-corrected chi connectivity index (χ1v) is 5.08. The van der Waals surface area contributed by atoms with Crippen LogP contribution >= 0.6 is 12.6 Å². The molecule has 2 nitrogen and oxygen atoms in total. The first-order chi connectivity index (χ1) is 5.66. The van der Waals surface area contributed by atoms with Gasteiger partial charge in [0.15, 0.2) is 0 Å². The summed E-state index contributed by atoms with van der Waals surface area (Å²) >= 11 is 4.37. The van der Waals surface area contributed by atoms with Crippen LogP contribution in [0.4, 0.5) is 0 Å². The van der Waals surface area contributed by atoms with Crippen LogP contribution in [-0.2, 0) is 4.79 Å². The van der Waals surface area contributed by atoms with E-state index in [2.05, 4.69) is 19.6 Å². The Bertz CT molecular complexity index is 126. The highest BCUT2D eigenvalue weighted by molar-refractivity contribution is 7.80. The Morgan fingerprint density at radius 3 is 2.50 bits per heavy atom. The van der Waals surface area contributed by atoms with Gasteiger partial charge in [-0.1, -0.05) is 19.8 Å². The van der Waals surface area contributed by atoms with Gasteiger partial charge in [0.05, 0.1) is 0 Å².